The van der Waals surface area contributed by atoms with E-state index in [-0.39, 0.29) is 6.54 Å². The van der Waals surface area contributed by atoms with E-state index < -0.39 is 18.6 Å². The normalized spacial score (nSPS) is 13.4. The van der Waals surface area contributed by atoms with Crippen LogP contribution in [0.1, 0.15) is 23.7 Å². The maximum atomic E-state index is 12.6. The van der Waals surface area contributed by atoms with Gasteiger partial charge >= 0.3 is 6.18 Å². The fourth-order valence-corrected chi connectivity index (χ4v) is 1.78. The summed E-state index contributed by atoms with van der Waals surface area (Å²) in [7, 11) is 0. The van der Waals surface area contributed by atoms with Crippen molar-refractivity contribution in [3.8, 4) is 0 Å². The Bertz CT molecular complexity index is 482. The summed E-state index contributed by atoms with van der Waals surface area (Å²) in [6, 6.07) is 9.37. The largest absolute Gasteiger partial charge is 0.390 e. The second-order valence-corrected chi connectivity index (χ2v) is 4.15. The van der Waals surface area contributed by atoms with Crippen molar-refractivity contribution in [1.82, 2.24) is 10.5 Å². The van der Waals surface area contributed by atoms with Gasteiger partial charge < -0.3 is 9.84 Å². The van der Waals surface area contributed by atoms with E-state index in [2.05, 4.69) is 15.0 Å². The van der Waals surface area contributed by atoms with E-state index in [4.69, 9.17) is 0 Å². The summed E-state index contributed by atoms with van der Waals surface area (Å²) in [4.78, 5) is 0. The van der Waals surface area contributed by atoms with Gasteiger partial charge in [-0.25, -0.2) is 0 Å². The fourth-order valence-electron chi connectivity index (χ4n) is 1.78. The van der Waals surface area contributed by atoms with Gasteiger partial charge in [0.2, 0.25) is 0 Å². The average Bonchev–Trinajstić information content (AvgIpc) is 2.87. The van der Waals surface area contributed by atoms with Crippen LogP contribution in [0, 0.1) is 0 Å². The predicted molar refractivity (Wildman–Crippen MR) is 63.2 cm³/mol. The van der Waals surface area contributed by atoms with Crippen LogP contribution in [-0.2, 0) is 6.54 Å². The smallest absolute Gasteiger partial charge is 0.364 e. The number of benzene rings is 1. The molecule has 0 spiro atoms. The van der Waals surface area contributed by atoms with Crippen molar-refractivity contribution in [1.29, 1.82) is 0 Å². The van der Waals surface area contributed by atoms with E-state index in [1.54, 1.807) is 36.4 Å². The van der Waals surface area contributed by atoms with Crippen LogP contribution in [0.15, 0.2) is 47.2 Å². The molecule has 0 fully saturated rings. The highest BCUT2D eigenvalue weighted by atomic mass is 19.4. The Kier molecular flexibility index (Phi) is 4.21. The molecule has 0 bridgehead atoms. The van der Waals surface area contributed by atoms with E-state index in [9.17, 15) is 13.2 Å². The molecule has 2 rings (SSSR count). The summed E-state index contributed by atoms with van der Waals surface area (Å²) >= 11 is 0. The van der Waals surface area contributed by atoms with Crippen molar-refractivity contribution >= 4 is 0 Å². The Morgan fingerprint density at radius 2 is 1.89 bits per heavy atom. The molecule has 0 saturated carbocycles. The van der Waals surface area contributed by atoms with Gasteiger partial charge in [-0.15, -0.1) is 0 Å². The molecule has 102 valence electrons. The van der Waals surface area contributed by atoms with Gasteiger partial charge in [-0.1, -0.05) is 35.5 Å². The van der Waals surface area contributed by atoms with Gasteiger partial charge in [0.05, 0.1) is 12.1 Å². The van der Waals surface area contributed by atoms with Crippen molar-refractivity contribution in [2.75, 3.05) is 0 Å². The molecule has 6 heteroatoms. The maximum Gasteiger partial charge on any atom is 0.390 e. The highest BCUT2D eigenvalue weighted by Crippen LogP contribution is 2.29. The zero-order chi connectivity index (χ0) is 13.7. The highest BCUT2D eigenvalue weighted by Gasteiger charge is 2.32. The first-order valence-electron chi connectivity index (χ1n) is 5.79. The van der Waals surface area contributed by atoms with Gasteiger partial charge in [-0.2, -0.15) is 13.2 Å². The molecule has 0 aliphatic carbocycles. The number of rotatable bonds is 5. The van der Waals surface area contributed by atoms with Crippen molar-refractivity contribution in [3.05, 3.63) is 53.9 Å². The standard InChI is InChI=1S/C13H13F3N2O/c14-13(15,16)8-12(10-4-2-1-3-5-10)17-9-11-6-7-19-18-11/h1-7,12,17H,8-9H2. The minimum Gasteiger partial charge on any atom is -0.364 e. The number of hydrogen-bond donors (Lipinski definition) is 1. The Morgan fingerprint density at radius 3 is 2.47 bits per heavy atom. The first kappa shape index (κ1) is 13.6. The van der Waals surface area contributed by atoms with Crippen molar-refractivity contribution in [3.63, 3.8) is 0 Å². The molecule has 19 heavy (non-hydrogen) atoms. The molecule has 1 aromatic heterocycles. The quantitative estimate of drug-likeness (QED) is 0.904. The molecular weight excluding hydrogens is 257 g/mol. The number of halogens is 3. The lowest BCUT2D eigenvalue weighted by Crippen LogP contribution is -2.26. The third-order valence-electron chi connectivity index (χ3n) is 2.66. The molecule has 1 heterocycles. The number of hydrogen-bond acceptors (Lipinski definition) is 3. The van der Waals surface area contributed by atoms with Crippen LogP contribution < -0.4 is 5.32 Å². The second kappa shape index (κ2) is 5.88. The molecule has 1 aromatic carbocycles. The molecule has 3 nitrogen and oxygen atoms in total. The van der Waals surface area contributed by atoms with Crippen LogP contribution in [0.5, 0.6) is 0 Å². The van der Waals surface area contributed by atoms with E-state index in [1.165, 1.54) is 6.26 Å². The third kappa shape index (κ3) is 4.40. The monoisotopic (exact) mass is 270 g/mol. The maximum absolute atomic E-state index is 12.6. The summed E-state index contributed by atoms with van der Waals surface area (Å²) in [5, 5.41) is 6.51. The Morgan fingerprint density at radius 1 is 1.16 bits per heavy atom. The first-order chi connectivity index (χ1) is 9.04. The van der Waals surface area contributed by atoms with Crippen molar-refractivity contribution in [2.24, 2.45) is 0 Å². The summed E-state index contributed by atoms with van der Waals surface area (Å²) in [5.74, 6) is 0. The lowest BCUT2D eigenvalue weighted by Gasteiger charge is -2.20. The van der Waals surface area contributed by atoms with E-state index in [0.717, 1.165) is 0 Å². The Labute approximate surface area is 108 Å². The van der Waals surface area contributed by atoms with Gasteiger partial charge in [0, 0.05) is 18.7 Å². The summed E-state index contributed by atoms with van der Waals surface area (Å²) < 4.78 is 42.4. The summed E-state index contributed by atoms with van der Waals surface area (Å²) in [6.07, 6.45) is -3.76. The fraction of sp³-hybridized carbons (Fsp3) is 0.308. The van der Waals surface area contributed by atoms with Crippen LogP contribution >= 0.6 is 0 Å². The van der Waals surface area contributed by atoms with Gasteiger partial charge in [-0.05, 0) is 5.56 Å². The summed E-state index contributed by atoms with van der Waals surface area (Å²) in [5.41, 5.74) is 1.17. The average molecular weight is 270 g/mol. The number of alkyl halides is 3. The second-order valence-electron chi connectivity index (χ2n) is 4.15. The molecule has 0 amide bonds. The van der Waals surface area contributed by atoms with Gasteiger partial charge in [-0.3, -0.25) is 0 Å². The van der Waals surface area contributed by atoms with Crippen LogP contribution in [-0.4, -0.2) is 11.3 Å². The van der Waals surface area contributed by atoms with E-state index >= 15 is 0 Å². The molecule has 1 unspecified atom stereocenters. The third-order valence-corrected chi connectivity index (χ3v) is 2.66. The van der Waals surface area contributed by atoms with Crippen LogP contribution in [0.25, 0.3) is 0 Å². The zero-order valence-electron chi connectivity index (χ0n) is 10.0. The molecule has 0 aliphatic heterocycles. The molecule has 0 radical (unpaired) electrons. The highest BCUT2D eigenvalue weighted by molar-refractivity contribution is 5.19. The minimum atomic E-state index is -4.22. The van der Waals surface area contributed by atoms with Gasteiger partial charge in [0.25, 0.3) is 0 Å². The van der Waals surface area contributed by atoms with Crippen molar-refractivity contribution in [2.45, 2.75) is 25.2 Å². The molecule has 1 N–H and O–H groups in total. The molecule has 1 atom stereocenters. The lowest BCUT2D eigenvalue weighted by molar-refractivity contribution is -0.140. The summed E-state index contributed by atoms with van der Waals surface area (Å²) in [6.45, 7) is 0.228. The predicted octanol–water partition coefficient (Wildman–Crippen LogP) is 3.46. The molecule has 0 aliphatic rings. The zero-order valence-corrected chi connectivity index (χ0v) is 10.0. The topological polar surface area (TPSA) is 38.1 Å². The number of nitrogens with zero attached hydrogens (tertiary/aromatic N) is 1. The lowest BCUT2D eigenvalue weighted by atomic mass is 10.0. The van der Waals surface area contributed by atoms with Crippen LogP contribution in [0.3, 0.4) is 0 Å². The van der Waals surface area contributed by atoms with E-state index in [1.807, 2.05) is 0 Å². The van der Waals surface area contributed by atoms with Gasteiger partial charge in [0.15, 0.2) is 0 Å². The molecular formula is C13H13F3N2O. The molecule has 2 aromatic rings. The molecule has 0 saturated heterocycles. The van der Waals surface area contributed by atoms with Crippen LogP contribution in [0.2, 0.25) is 0 Å². The van der Waals surface area contributed by atoms with Crippen molar-refractivity contribution < 1.29 is 17.7 Å². The van der Waals surface area contributed by atoms with Crippen LogP contribution in [0.4, 0.5) is 13.2 Å². The first-order valence-corrected chi connectivity index (χ1v) is 5.79. The number of nitrogens with one attached hydrogen (secondary N) is 1. The van der Waals surface area contributed by atoms with Gasteiger partial charge in [0.1, 0.15) is 6.26 Å². The Balaban J connectivity index is 2.06. The SMILES string of the molecule is FC(F)(F)CC(NCc1ccon1)c1ccccc1. The number of aromatic nitrogens is 1. The minimum absolute atomic E-state index is 0.228. The van der Waals surface area contributed by atoms with E-state index in [0.29, 0.717) is 11.3 Å². The Hall–Kier alpha value is -1.82.